The summed E-state index contributed by atoms with van der Waals surface area (Å²) in [6, 6.07) is 20.5. The minimum atomic E-state index is 0.0938. The molecule has 2 nitrogen and oxygen atoms in total. The van der Waals surface area contributed by atoms with Crippen LogP contribution in [0.25, 0.3) is 0 Å². The molecule has 3 rings (SSSR count). The lowest BCUT2D eigenvalue weighted by Crippen LogP contribution is -2.23. The number of carbonyl (C=O) groups excluding carboxylic acids is 1. The molecule has 0 N–H and O–H groups in total. The zero-order valence-corrected chi connectivity index (χ0v) is 12.0. The van der Waals surface area contributed by atoms with Gasteiger partial charge in [0, 0.05) is 24.3 Å². The van der Waals surface area contributed by atoms with Crippen molar-refractivity contribution in [3.8, 4) is 0 Å². The maximum Gasteiger partial charge on any atom is 0.159 e. The number of hydrogen-bond acceptors (Lipinski definition) is 2. The number of ether oxygens (including phenoxy) is 1. The average Bonchev–Trinajstić information content (AvgIpc) is 2.55. The van der Waals surface area contributed by atoms with Gasteiger partial charge in [-0.05, 0) is 11.1 Å². The molecule has 0 amide bonds. The lowest BCUT2D eigenvalue weighted by Gasteiger charge is -2.31. The summed E-state index contributed by atoms with van der Waals surface area (Å²) < 4.78 is 5.52. The van der Waals surface area contributed by atoms with Crippen LogP contribution in [-0.4, -0.2) is 12.9 Å². The van der Waals surface area contributed by atoms with Gasteiger partial charge in [0.1, 0.15) is 5.76 Å². The molecular formula is C19H18O2. The molecule has 1 aliphatic rings. The number of benzene rings is 2. The molecule has 2 aromatic carbocycles. The molecule has 21 heavy (non-hydrogen) atoms. The van der Waals surface area contributed by atoms with E-state index < -0.39 is 0 Å². The van der Waals surface area contributed by atoms with Crippen LogP contribution in [0.1, 0.15) is 29.4 Å². The van der Waals surface area contributed by atoms with Gasteiger partial charge in [-0.25, -0.2) is 0 Å². The van der Waals surface area contributed by atoms with Crippen LogP contribution in [-0.2, 0) is 9.53 Å². The topological polar surface area (TPSA) is 26.3 Å². The molecule has 0 spiro atoms. The van der Waals surface area contributed by atoms with E-state index in [1.54, 1.807) is 13.2 Å². The van der Waals surface area contributed by atoms with Gasteiger partial charge in [-0.1, -0.05) is 60.7 Å². The Morgan fingerprint density at radius 3 is 2.05 bits per heavy atom. The number of ketones is 1. The van der Waals surface area contributed by atoms with E-state index >= 15 is 0 Å². The summed E-state index contributed by atoms with van der Waals surface area (Å²) in [4.78, 5) is 12.0. The molecule has 0 saturated heterocycles. The Kier molecular flexibility index (Phi) is 3.87. The molecule has 106 valence electrons. The second kappa shape index (κ2) is 5.96. The molecule has 0 radical (unpaired) electrons. The van der Waals surface area contributed by atoms with Crippen molar-refractivity contribution < 1.29 is 9.53 Å². The second-order valence-corrected chi connectivity index (χ2v) is 5.33. The summed E-state index contributed by atoms with van der Waals surface area (Å²) in [5.41, 5.74) is 2.37. The Morgan fingerprint density at radius 2 is 1.48 bits per heavy atom. The summed E-state index contributed by atoms with van der Waals surface area (Å²) in [6.45, 7) is 0. The first-order chi connectivity index (χ1) is 10.3. The highest BCUT2D eigenvalue weighted by Crippen LogP contribution is 2.43. The molecule has 2 aromatic rings. The van der Waals surface area contributed by atoms with E-state index in [2.05, 4.69) is 24.3 Å². The van der Waals surface area contributed by atoms with Gasteiger partial charge in [0.2, 0.25) is 0 Å². The van der Waals surface area contributed by atoms with E-state index in [9.17, 15) is 4.79 Å². The van der Waals surface area contributed by atoms with Crippen LogP contribution >= 0.6 is 0 Å². The Morgan fingerprint density at radius 1 is 0.905 bits per heavy atom. The van der Waals surface area contributed by atoms with Gasteiger partial charge in [0.15, 0.2) is 5.78 Å². The molecule has 0 aromatic heterocycles. The summed E-state index contributed by atoms with van der Waals surface area (Å²) >= 11 is 0. The van der Waals surface area contributed by atoms with E-state index in [0.717, 1.165) is 5.76 Å². The molecule has 0 saturated carbocycles. The zero-order chi connectivity index (χ0) is 14.7. The molecule has 1 aliphatic carbocycles. The number of allylic oxidation sites excluding steroid dienone is 2. The highest BCUT2D eigenvalue weighted by Gasteiger charge is 2.34. The van der Waals surface area contributed by atoms with Crippen molar-refractivity contribution in [2.45, 2.75) is 18.3 Å². The lowest BCUT2D eigenvalue weighted by atomic mass is 9.74. The van der Waals surface area contributed by atoms with E-state index in [4.69, 9.17) is 4.74 Å². The zero-order valence-electron chi connectivity index (χ0n) is 12.0. The Balaban J connectivity index is 2.08. The van der Waals surface area contributed by atoms with Crippen molar-refractivity contribution in [3.63, 3.8) is 0 Å². The first kappa shape index (κ1) is 13.6. The Labute approximate surface area is 125 Å². The number of methoxy groups -OCH3 is 1. The van der Waals surface area contributed by atoms with Crippen molar-refractivity contribution in [2.75, 3.05) is 7.11 Å². The number of rotatable bonds is 3. The molecule has 0 fully saturated rings. The van der Waals surface area contributed by atoms with Crippen LogP contribution in [0.2, 0.25) is 0 Å². The van der Waals surface area contributed by atoms with Crippen molar-refractivity contribution in [2.24, 2.45) is 0 Å². The smallest absolute Gasteiger partial charge is 0.159 e. The van der Waals surface area contributed by atoms with Crippen LogP contribution in [0.4, 0.5) is 0 Å². The quantitative estimate of drug-likeness (QED) is 0.846. The maximum absolute atomic E-state index is 12.0. The molecular weight excluding hydrogens is 260 g/mol. The fourth-order valence-corrected chi connectivity index (χ4v) is 3.09. The van der Waals surface area contributed by atoms with E-state index in [0.29, 0.717) is 6.42 Å². The van der Waals surface area contributed by atoms with Gasteiger partial charge in [-0.15, -0.1) is 0 Å². The molecule has 0 heterocycles. The summed E-state index contributed by atoms with van der Waals surface area (Å²) in [7, 11) is 1.64. The molecule has 0 bridgehead atoms. The Hall–Kier alpha value is -2.35. The minimum Gasteiger partial charge on any atom is -0.500 e. The number of carbonyl (C=O) groups is 1. The van der Waals surface area contributed by atoms with E-state index in [1.165, 1.54) is 11.1 Å². The highest BCUT2D eigenvalue weighted by molar-refractivity contribution is 5.92. The molecule has 2 heteroatoms. The summed E-state index contributed by atoms with van der Waals surface area (Å²) in [6.07, 6.45) is 2.17. The van der Waals surface area contributed by atoms with E-state index in [-0.39, 0.29) is 17.6 Å². The largest absolute Gasteiger partial charge is 0.500 e. The van der Waals surface area contributed by atoms with Crippen molar-refractivity contribution in [1.82, 2.24) is 0 Å². The predicted molar refractivity (Wildman–Crippen MR) is 83.1 cm³/mol. The minimum absolute atomic E-state index is 0.0938. The van der Waals surface area contributed by atoms with Gasteiger partial charge in [-0.3, -0.25) is 4.79 Å². The SMILES string of the molecule is COC1=CC(=O)CC(c2ccccc2)C1c1ccccc1. The van der Waals surface area contributed by atoms with Gasteiger partial charge in [-0.2, -0.15) is 0 Å². The predicted octanol–water partition coefficient (Wildman–Crippen LogP) is 4.06. The van der Waals surface area contributed by atoms with Crippen LogP contribution in [0, 0.1) is 0 Å². The molecule has 2 atom stereocenters. The van der Waals surface area contributed by atoms with Gasteiger partial charge in [0.05, 0.1) is 7.11 Å². The lowest BCUT2D eigenvalue weighted by molar-refractivity contribution is -0.115. The monoisotopic (exact) mass is 278 g/mol. The molecule has 0 aliphatic heterocycles. The summed E-state index contributed by atoms with van der Waals surface area (Å²) in [5.74, 6) is 1.11. The van der Waals surface area contributed by atoms with Crippen molar-refractivity contribution in [1.29, 1.82) is 0 Å². The van der Waals surface area contributed by atoms with Gasteiger partial charge in [0.25, 0.3) is 0 Å². The van der Waals surface area contributed by atoms with Gasteiger partial charge >= 0.3 is 0 Å². The van der Waals surface area contributed by atoms with Crippen LogP contribution in [0.15, 0.2) is 72.5 Å². The fraction of sp³-hybridized carbons (Fsp3) is 0.211. The third-order valence-corrected chi connectivity index (χ3v) is 4.06. The van der Waals surface area contributed by atoms with Crippen LogP contribution in [0.5, 0.6) is 0 Å². The average molecular weight is 278 g/mol. The third-order valence-electron chi connectivity index (χ3n) is 4.06. The fourth-order valence-electron chi connectivity index (χ4n) is 3.09. The first-order valence-corrected chi connectivity index (χ1v) is 7.18. The van der Waals surface area contributed by atoms with Crippen molar-refractivity contribution >= 4 is 5.78 Å². The van der Waals surface area contributed by atoms with Crippen LogP contribution < -0.4 is 0 Å². The normalized spacial score (nSPS) is 21.8. The standard InChI is InChI=1S/C19H18O2/c1-21-18-13-16(20)12-17(14-8-4-2-5-9-14)19(18)15-10-6-3-7-11-15/h2-11,13,17,19H,12H2,1H3. The first-order valence-electron chi connectivity index (χ1n) is 7.18. The van der Waals surface area contributed by atoms with Gasteiger partial charge < -0.3 is 4.74 Å². The highest BCUT2D eigenvalue weighted by atomic mass is 16.5. The molecule has 2 unspecified atom stereocenters. The maximum atomic E-state index is 12.0. The van der Waals surface area contributed by atoms with Crippen LogP contribution in [0.3, 0.4) is 0 Å². The number of hydrogen-bond donors (Lipinski definition) is 0. The second-order valence-electron chi connectivity index (χ2n) is 5.33. The van der Waals surface area contributed by atoms with E-state index in [1.807, 2.05) is 36.4 Å². The van der Waals surface area contributed by atoms with Crippen molar-refractivity contribution in [3.05, 3.63) is 83.6 Å². The summed E-state index contributed by atoms with van der Waals surface area (Å²) in [5, 5.41) is 0. The Bertz CT molecular complexity index is 644. The third kappa shape index (κ3) is 2.75.